The van der Waals surface area contributed by atoms with Crippen LogP contribution >= 0.6 is 15.9 Å². The van der Waals surface area contributed by atoms with E-state index < -0.39 is 0 Å². The Hall–Kier alpha value is -1.81. The molecule has 0 fully saturated rings. The molecule has 1 unspecified atom stereocenters. The summed E-state index contributed by atoms with van der Waals surface area (Å²) in [6.07, 6.45) is 1.27. The molecule has 0 aliphatic carbocycles. The van der Waals surface area contributed by atoms with Crippen molar-refractivity contribution >= 4 is 21.8 Å². The zero-order valence-corrected chi connectivity index (χ0v) is 14.2. The quantitative estimate of drug-likeness (QED) is 0.794. The van der Waals surface area contributed by atoms with Crippen LogP contribution in [0.25, 0.3) is 0 Å². The summed E-state index contributed by atoms with van der Waals surface area (Å²) in [5, 5.41) is 0. The van der Waals surface area contributed by atoms with Crippen LogP contribution in [0.2, 0.25) is 0 Å². The summed E-state index contributed by atoms with van der Waals surface area (Å²) < 4.78 is 6.83. The van der Waals surface area contributed by atoms with Gasteiger partial charge in [0.2, 0.25) is 5.91 Å². The van der Waals surface area contributed by atoms with E-state index in [1.807, 2.05) is 48.5 Å². The average molecular weight is 362 g/mol. The zero-order valence-electron chi connectivity index (χ0n) is 12.6. The van der Waals surface area contributed by atoms with Crippen LogP contribution in [-0.2, 0) is 11.4 Å². The van der Waals surface area contributed by atoms with Crippen LogP contribution in [0.3, 0.4) is 0 Å². The number of nitrogens with two attached hydrogens (primary N) is 1. The van der Waals surface area contributed by atoms with Gasteiger partial charge in [-0.2, -0.15) is 0 Å². The van der Waals surface area contributed by atoms with E-state index in [9.17, 15) is 4.79 Å². The number of benzene rings is 2. The molecule has 0 spiro atoms. The molecule has 0 heterocycles. The van der Waals surface area contributed by atoms with Gasteiger partial charge in [-0.05, 0) is 47.7 Å². The van der Waals surface area contributed by atoms with Gasteiger partial charge in [0.25, 0.3) is 0 Å². The first-order valence-corrected chi connectivity index (χ1v) is 8.13. The van der Waals surface area contributed by atoms with Gasteiger partial charge in [0.05, 0.1) is 0 Å². The second kappa shape index (κ2) is 7.99. The van der Waals surface area contributed by atoms with Gasteiger partial charge < -0.3 is 10.5 Å². The standard InChI is InChI=1S/C18H20BrNO2/c1-2-14(11-18(20)21)15-6-8-17(9-7-15)22-12-13-4-3-5-16(19)10-13/h3-10,14H,2,11-12H2,1H3,(H2,20,21). The summed E-state index contributed by atoms with van der Waals surface area (Å²) in [7, 11) is 0. The highest BCUT2D eigenvalue weighted by atomic mass is 79.9. The third kappa shape index (κ3) is 4.88. The number of carbonyl (C=O) groups excluding carboxylic acids is 1. The molecule has 22 heavy (non-hydrogen) atoms. The number of halogens is 1. The van der Waals surface area contributed by atoms with Crippen molar-refractivity contribution in [1.29, 1.82) is 0 Å². The number of ether oxygens (including phenoxy) is 1. The summed E-state index contributed by atoms with van der Waals surface area (Å²) in [6, 6.07) is 15.9. The zero-order chi connectivity index (χ0) is 15.9. The number of amides is 1. The van der Waals surface area contributed by atoms with Gasteiger partial charge in [-0.1, -0.05) is 47.1 Å². The van der Waals surface area contributed by atoms with Crippen LogP contribution in [0.4, 0.5) is 0 Å². The van der Waals surface area contributed by atoms with Crippen molar-refractivity contribution in [2.45, 2.75) is 32.3 Å². The minimum Gasteiger partial charge on any atom is -0.489 e. The van der Waals surface area contributed by atoms with E-state index in [1.165, 1.54) is 0 Å². The van der Waals surface area contributed by atoms with Gasteiger partial charge in [0.1, 0.15) is 12.4 Å². The Labute approximate surface area is 139 Å². The molecule has 2 rings (SSSR count). The van der Waals surface area contributed by atoms with Gasteiger partial charge in [-0.15, -0.1) is 0 Å². The molecule has 0 aliphatic heterocycles. The highest BCUT2D eigenvalue weighted by Crippen LogP contribution is 2.25. The van der Waals surface area contributed by atoms with Gasteiger partial charge in [-0.25, -0.2) is 0 Å². The van der Waals surface area contributed by atoms with E-state index in [2.05, 4.69) is 22.9 Å². The largest absolute Gasteiger partial charge is 0.489 e. The first-order chi connectivity index (χ1) is 10.6. The molecule has 0 aromatic heterocycles. The number of primary amides is 1. The molecule has 2 aromatic rings. The molecular formula is C18H20BrNO2. The fourth-order valence-corrected chi connectivity index (χ4v) is 2.82. The maximum absolute atomic E-state index is 11.1. The fourth-order valence-electron chi connectivity index (χ4n) is 2.37. The lowest BCUT2D eigenvalue weighted by Gasteiger charge is -2.14. The van der Waals surface area contributed by atoms with E-state index in [1.54, 1.807) is 0 Å². The molecule has 1 amide bonds. The van der Waals surface area contributed by atoms with Crippen LogP contribution in [0, 0.1) is 0 Å². The minimum atomic E-state index is -0.262. The van der Waals surface area contributed by atoms with Gasteiger partial charge in [-0.3, -0.25) is 4.79 Å². The van der Waals surface area contributed by atoms with Crippen LogP contribution < -0.4 is 10.5 Å². The Morgan fingerprint density at radius 1 is 1.23 bits per heavy atom. The smallest absolute Gasteiger partial charge is 0.218 e. The molecule has 0 aliphatic rings. The van der Waals surface area contributed by atoms with E-state index in [0.29, 0.717) is 13.0 Å². The Kier molecular flexibility index (Phi) is 6.01. The normalized spacial score (nSPS) is 11.9. The van der Waals surface area contributed by atoms with Gasteiger partial charge in [0.15, 0.2) is 0 Å². The first-order valence-electron chi connectivity index (χ1n) is 7.34. The molecule has 1 atom stereocenters. The number of carbonyl (C=O) groups is 1. The van der Waals surface area contributed by atoms with Crippen molar-refractivity contribution in [3.05, 3.63) is 64.1 Å². The summed E-state index contributed by atoms with van der Waals surface area (Å²) in [4.78, 5) is 11.1. The van der Waals surface area contributed by atoms with E-state index in [0.717, 1.165) is 27.8 Å². The van der Waals surface area contributed by atoms with Crippen LogP contribution in [-0.4, -0.2) is 5.91 Å². The summed E-state index contributed by atoms with van der Waals surface area (Å²) >= 11 is 3.45. The second-order valence-corrected chi connectivity index (χ2v) is 6.18. The number of hydrogen-bond acceptors (Lipinski definition) is 2. The van der Waals surface area contributed by atoms with E-state index >= 15 is 0 Å². The lowest BCUT2D eigenvalue weighted by Crippen LogP contribution is -2.14. The highest BCUT2D eigenvalue weighted by molar-refractivity contribution is 9.10. The monoisotopic (exact) mass is 361 g/mol. The fraction of sp³-hybridized carbons (Fsp3) is 0.278. The van der Waals surface area contributed by atoms with Crippen LogP contribution in [0.5, 0.6) is 5.75 Å². The van der Waals surface area contributed by atoms with Crippen molar-refractivity contribution in [3.8, 4) is 5.75 Å². The van der Waals surface area contributed by atoms with Crippen molar-refractivity contribution in [2.24, 2.45) is 5.73 Å². The van der Waals surface area contributed by atoms with Crippen molar-refractivity contribution in [2.75, 3.05) is 0 Å². The SMILES string of the molecule is CCC(CC(N)=O)c1ccc(OCc2cccc(Br)c2)cc1. The Bertz CT molecular complexity index is 625. The topological polar surface area (TPSA) is 52.3 Å². The molecule has 2 N–H and O–H groups in total. The van der Waals surface area contributed by atoms with E-state index in [4.69, 9.17) is 10.5 Å². The number of hydrogen-bond donors (Lipinski definition) is 1. The minimum absolute atomic E-state index is 0.177. The molecule has 2 aromatic carbocycles. The molecule has 0 bridgehead atoms. The van der Waals surface area contributed by atoms with E-state index in [-0.39, 0.29) is 11.8 Å². The van der Waals surface area contributed by atoms with Gasteiger partial charge in [0, 0.05) is 10.9 Å². The second-order valence-electron chi connectivity index (χ2n) is 5.26. The molecule has 0 radical (unpaired) electrons. The highest BCUT2D eigenvalue weighted by Gasteiger charge is 2.12. The number of rotatable bonds is 7. The summed E-state index contributed by atoms with van der Waals surface area (Å²) in [5.74, 6) is 0.733. The lowest BCUT2D eigenvalue weighted by atomic mass is 9.93. The average Bonchev–Trinajstić information content (AvgIpc) is 2.51. The molecule has 3 nitrogen and oxygen atoms in total. The Balaban J connectivity index is 1.98. The predicted octanol–water partition coefficient (Wildman–Crippen LogP) is 4.40. The molecule has 0 saturated carbocycles. The molecule has 116 valence electrons. The third-order valence-corrected chi connectivity index (χ3v) is 4.08. The molecule has 0 saturated heterocycles. The predicted molar refractivity (Wildman–Crippen MR) is 91.8 cm³/mol. The Morgan fingerprint density at radius 2 is 1.95 bits per heavy atom. The lowest BCUT2D eigenvalue weighted by molar-refractivity contribution is -0.118. The maximum Gasteiger partial charge on any atom is 0.218 e. The summed E-state index contributed by atoms with van der Waals surface area (Å²) in [5.41, 5.74) is 7.52. The van der Waals surface area contributed by atoms with Crippen molar-refractivity contribution in [3.63, 3.8) is 0 Å². The van der Waals surface area contributed by atoms with Crippen LogP contribution in [0.15, 0.2) is 53.0 Å². The summed E-state index contributed by atoms with van der Waals surface area (Å²) in [6.45, 7) is 2.59. The van der Waals surface area contributed by atoms with Crippen LogP contribution in [0.1, 0.15) is 36.8 Å². The van der Waals surface area contributed by atoms with Crippen molar-refractivity contribution < 1.29 is 9.53 Å². The molecular weight excluding hydrogens is 342 g/mol. The maximum atomic E-state index is 11.1. The Morgan fingerprint density at radius 3 is 2.55 bits per heavy atom. The first kappa shape index (κ1) is 16.6. The van der Waals surface area contributed by atoms with Crippen molar-refractivity contribution in [1.82, 2.24) is 0 Å². The third-order valence-electron chi connectivity index (χ3n) is 3.59. The molecule has 4 heteroatoms. The van der Waals surface area contributed by atoms with Gasteiger partial charge >= 0.3 is 0 Å².